The topological polar surface area (TPSA) is 139 Å². The van der Waals surface area contributed by atoms with Crippen molar-refractivity contribution in [2.24, 2.45) is 5.73 Å². The molecule has 10 nitrogen and oxygen atoms in total. The lowest BCUT2D eigenvalue weighted by molar-refractivity contribution is -0.139. The third-order valence-corrected chi connectivity index (χ3v) is 7.90. The first kappa shape index (κ1) is 30.3. The molecule has 0 spiro atoms. The summed E-state index contributed by atoms with van der Waals surface area (Å²) in [5.41, 5.74) is 10.1. The van der Waals surface area contributed by atoms with Crippen molar-refractivity contribution in [3.63, 3.8) is 0 Å². The molecular formula is C33H30N4O6S. The number of esters is 1. The van der Waals surface area contributed by atoms with Crippen molar-refractivity contribution in [2.45, 2.75) is 17.9 Å². The van der Waals surface area contributed by atoms with Gasteiger partial charge >= 0.3 is 5.97 Å². The van der Waals surface area contributed by atoms with Gasteiger partial charge in [-0.1, -0.05) is 54.2 Å². The molecule has 0 fully saturated rings. The van der Waals surface area contributed by atoms with Crippen molar-refractivity contribution >= 4 is 28.8 Å². The van der Waals surface area contributed by atoms with Crippen LogP contribution in [0.25, 0.3) is 22.3 Å². The molecule has 1 aromatic heterocycles. The Hall–Kier alpha value is -5.21. The minimum Gasteiger partial charge on any atom is -0.493 e. The summed E-state index contributed by atoms with van der Waals surface area (Å²) in [6.07, 6.45) is 0. The second kappa shape index (κ2) is 13.4. The average molecular weight is 611 g/mol. The summed E-state index contributed by atoms with van der Waals surface area (Å²) in [4.78, 5) is 23.4. The first-order valence-electron chi connectivity index (χ1n) is 13.7. The first-order chi connectivity index (χ1) is 21.4. The molecule has 224 valence electrons. The first-order valence-corrected chi connectivity index (χ1v) is 14.6. The molecule has 5 rings (SSSR count). The standard InChI is InChI=1S/C33H30N4O6S/c1-5-42-33(38)28-26(18-44-32-29(19-11-7-6-8-12-19)36-22-13-9-10-14-23(22)37-32)43-31(35)21(17-34)27(28)20-15-24(39-2)30(41-4)25(16-20)40-3/h6-16,27H,5,18,35H2,1-4H3/t27-/m1/s1. The summed E-state index contributed by atoms with van der Waals surface area (Å²) in [7, 11) is 4.46. The number of hydrogen-bond donors (Lipinski definition) is 1. The third-order valence-electron chi connectivity index (χ3n) is 6.94. The summed E-state index contributed by atoms with van der Waals surface area (Å²) >= 11 is 1.34. The number of carbonyl (C=O) groups is 1. The van der Waals surface area contributed by atoms with Crippen LogP contribution < -0.4 is 19.9 Å². The van der Waals surface area contributed by atoms with Crippen molar-refractivity contribution in [3.05, 3.63) is 95.1 Å². The van der Waals surface area contributed by atoms with Gasteiger partial charge in [-0.25, -0.2) is 14.8 Å². The van der Waals surface area contributed by atoms with Gasteiger partial charge in [0.15, 0.2) is 11.5 Å². The molecular weight excluding hydrogens is 580 g/mol. The Balaban J connectivity index is 1.65. The highest BCUT2D eigenvalue weighted by molar-refractivity contribution is 7.99. The van der Waals surface area contributed by atoms with Crippen molar-refractivity contribution < 1.29 is 28.5 Å². The Morgan fingerprint density at radius 1 is 0.977 bits per heavy atom. The Morgan fingerprint density at radius 2 is 1.61 bits per heavy atom. The lowest BCUT2D eigenvalue weighted by Gasteiger charge is -2.28. The van der Waals surface area contributed by atoms with E-state index in [-0.39, 0.29) is 35.1 Å². The molecule has 1 atom stereocenters. The van der Waals surface area contributed by atoms with Crippen molar-refractivity contribution in [2.75, 3.05) is 33.7 Å². The van der Waals surface area contributed by atoms with Crippen LogP contribution in [0.1, 0.15) is 18.4 Å². The van der Waals surface area contributed by atoms with E-state index >= 15 is 0 Å². The van der Waals surface area contributed by atoms with Crippen LogP contribution in [0.15, 0.2) is 94.5 Å². The lowest BCUT2D eigenvalue weighted by Crippen LogP contribution is -2.27. The molecule has 0 amide bonds. The number of nitrogens with zero attached hydrogens (tertiary/aromatic N) is 3. The molecule has 0 bridgehead atoms. The van der Waals surface area contributed by atoms with E-state index < -0.39 is 11.9 Å². The van der Waals surface area contributed by atoms with Crippen LogP contribution in [-0.4, -0.2) is 49.6 Å². The summed E-state index contributed by atoms with van der Waals surface area (Å²) in [5.74, 6) is -0.267. The van der Waals surface area contributed by atoms with E-state index in [0.29, 0.717) is 33.5 Å². The summed E-state index contributed by atoms with van der Waals surface area (Å²) < 4.78 is 28.1. The number of carbonyl (C=O) groups excluding carboxylic acids is 1. The Kier molecular flexibility index (Phi) is 9.21. The maximum atomic E-state index is 13.6. The van der Waals surface area contributed by atoms with Crippen LogP contribution in [0.5, 0.6) is 17.2 Å². The Bertz CT molecular complexity index is 1790. The maximum Gasteiger partial charge on any atom is 0.338 e. The van der Waals surface area contributed by atoms with Crippen molar-refractivity contribution in [1.29, 1.82) is 5.26 Å². The highest BCUT2D eigenvalue weighted by Gasteiger charge is 2.39. The van der Waals surface area contributed by atoms with Gasteiger partial charge in [0, 0.05) is 5.56 Å². The van der Waals surface area contributed by atoms with Crippen molar-refractivity contribution in [1.82, 2.24) is 9.97 Å². The summed E-state index contributed by atoms with van der Waals surface area (Å²) in [5, 5.41) is 10.8. The zero-order valence-corrected chi connectivity index (χ0v) is 25.4. The number of aromatic nitrogens is 2. The smallest absolute Gasteiger partial charge is 0.338 e. The lowest BCUT2D eigenvalue weighted by atomic mass is 9.82. The van der Waals surface area contributed by atoms with Gasteiger partial charge in [0.25, 0.3) is 0 Å². The highest BCUT2D eigenvalue weighted by Crippen LogP contribution is 2.46. The zero-order valence-electron chi connectivity index (χ0n) is 24.6. The van der Waals surface area contributed by atoms with Crippen LogP contribution in [0, 0.1) is 11.3 Å². The van der Waals surface area contributed by atoms with Crippen molar-refractivity contribution in [3.8, 4) is 34.6 Å². The molecule has 2 heterocycles. The monoisotopic (exact) mass is 610 g/mol. The molecule has 11 heteroatoms. The number of rotatable bonds is 10. The van der Waals surface area contributed by atoms with E-state index in [1.165, 1.54) is 33.1 Å². The number of thioether (sulfide) groups is 1. The SMILES string of the molecule is CCOC(=O)C1=C(CSc2nc3ccccc3nc2-c2ccccc2)OC(N)=C(C#N)[C@H]1c1cc(OC)c(OC)c(OC)c1. The highest BCUT2D eigenvalue weighted by atomic mass is 32.2. The van der Waals surface area contributed by atoms with Gasteiger partial charge in [0.05, 0.1) is 56.2 Å². The summed E-state index contributed by atoms with van der Waals surface area (Å²) in [6.45, 7) is 1.82. The van der Waals surface area contributed by atoms with Crippen LogP contribution in [0.4, 0.5) is 0 Å². The number of nitriles is 1. The molecule has 4 aromatic rings. The number of fused-ring (bicyclic) bond motifs is 1. The fourth-order valence-electron chi connectivity index (χ4n) is 4.96. The molecule has 2 N–H and O–H groups in total. The molecule has 1 aliphatic heterocycles. The quantitative estimate of drug-likeness (QED) is 0.174. The molecule has 44 heavy (non-hydrogen) atoms. The molecule has 1 aliphatic rings. The molecule has 0 unspecified atom stereocenters. The van der Waals surface area contributed by atoms with Gasteiger partial charge in [-0.15, -0.1) is 0 Å². The minimum absolute atomic E-state index is 0.0477. The van der Waals surface area contributed by atoms with E-state index in [0.717, 1.165) is 16.6 Å². The average Bonchev–Trinajstić information content (AvgIpc) is 3.06. The van der Waals surface area contributed by atoms with Crippen LogP contribution in [-0.2, 0) is 14.3 Å². The number of para-hydroxylation sites is 2. The predicted molar refractivity (Wildman–Crippen MR) is 166 cm³/mol. The minimum atomic E-state index is -0.937. The maximum absolute atomic E-state index is 13.6. The van der Waals surface area contributed by atoms with Gasteiger partial charge in [-0.05, 0) is 36.8 Å². The van der Waals surface area contributed by atoms with E-state index in [1.54, 1.807) is 19.1 Å². The van der Waals surface area contributed by atoms with Gasteiger partial charge in [0.1, 0.15) is 28.1 Å². The van der Waals surface area contributed by atoms with Gasteiger partial charge < -0.3 is 29.4 Å². The van der Waals surface area contributed by atoms with Gasteiger partial charge in [-0.2, -0.15) is 5.26 Å². The molecule has 0 radical (unpaired) electrons. The van der Waals surface area contributed by atoms with E-state index in [2.05, 4.69) is 6.07 Å². The number of methoxy groups -OCH3 is 3. The van der Waals surface area contributed by atoms with Crippen LogP contribution in [0.3, 0.4) is 0 Å². The second-order valence-electron chi connectivity index (χ2n) is 9.46. The number of ether oxygens (including phenoxy) is 5. The van der Waals surface area contributed by atoms with Crippen LogP contribution >= 0.6 is 11.8 Å². The molecule has 0 saturated carbocycles. The van der Waals surface area contributed by atoms with Gasteiger partial charge in [0.2, 0.25) is 11.6 Å². The van der Waals surface area contributed by atoms with E-state index in [9.17, 15) is 10.1 Å². The fraction of sp³-hybridized carbons (Fsp3) is 0.212. The molecule has 0 aliphatic carbocycles. The number of benzene rings is 3. The Labute approximate surface area is 259 Å². The second-order valence-corrected chi connectivity index (χ2v) is 10.4. The normalized spacial score (nSPS) is 14.6. The Morgan fingerprint density at radius 3 is 2.20 bits per heavy atom. The number of allylic oxidation sites excluding steroid dienone is 1. The molecule has 0 saturated heterocycles. The number of nitrogens with two attached hydrogens (primary N) is 1. The number of hydrogen-bond acceptors (Lipinski definition) is 11. The van der Waals surface area contributed by atoms with E-state index in [4.69, 9.17) is 39.4 Å². The summed E-state index contributed by atoms with van der Waals surface area (Å²) in [6, 6.07) is 22.8. The van der Waals surface area contributed by atoms with Gasteiger partial charge in [-0.3, -0.25) is 0 Å². The van der Waals surface area contributed by atoms with Crippen LogP contribution in [0.2, 0.25) is 0 Å². The molecule has 3 aromatic carbocycles. The zero-order chi connectivity index (χ0) is 31.2. The predicted octanol–water partition coefficient (Wildman–Crippen LogP) is 5.74. The largest absolute Gasteiger partial charge is 0.493 e. The van der Waals surface area contributed by atoms with E-state index in [1.807, 2.05) is 54.6 Å². The fourth-order valence-corrected chi connectivity index (χ4v) is 5.91. The third kappa shape index (κ3) is 5.85.